The van der Waals surface area contributed by atoms with E-state index in [2.05, 4.69) is 11.6 Å². The van der Waals surface area contributed by atoms with E-state index in [0.717, 1.165) is 0 Å². The average molecular weight is 289 g/mol. The van der Waals surface area contributed by atoms with Crippen LogP contribution in [0.3, 0.4) is 0 Å². The molecule has 0 aliphatic heterocycles. The van der Waals surface area contributed by atoms with Gasteiger partial charge in [-0.2, -0.15) is 0 Å². The predicted molar refractivity (Wildman–Crippen MR) is 74.8 cm³/mol. The number of carboxylic acid groups (broad SMARTS) is 1. The molecule has 0 fully saturated rings. The molecule has 1 aromatic carbocycles. The van der Waals surface area contributed by atoms with Crippen molar-refractivity contribution in [1.29, 1.82) is 0 Å². The van der Waals surface area contributed by atoms with Gasteiger partial charge in [-0.05, 0) is 29.8 Å². The maximum Gasteiger partial charge on any atom is 0.336 e. The highest BCUT2D eigenvalue weighted by molar-refractivity contribution is 7.79. The maximum atomic E-state index is 11.3. The SMILES string of the molecule is C=C(c1ccccn1)c1ccc(S(=O)O)cc1C(=O)O. The molecule has 1 unspecified atom stereocenters. The first-order chi connectivity index (χ1) is 9.50. The average Bonchev–Trinajstić information content (AvgIpc) is 2.46. The third-order valence-electron chi connectivity index (χ3n) is 2.72. The van der Waals surface area contributed by atoms with Crippen molar-refractivity contribution in [3.8, 4) is 0 Å². The quantitative estimate of drug-likeness (QED) is 0.844. The van der Waals surface area contributed by atoms with Gasteiger partial charge >= 0.3 is 5.97 Å². The molecule has 0 aliphatic rings. The van der Waals surface area contributed by atoms with Crippen LogP contribution in [0.4, 0.5) is 0 Å². The summed E-state index contributed by atoms with van der Waals surface area (Å²) in [6, 6.07) is 9.25. The summed E-state index contributed by atoms with van der Waals surface area (Å²) in [6.07, 6.45) is 1.58. The standard InChI is InChI=1S/C14H11NO4S/c1-9(13-4-2-3-7-15-13)11-6-5-10(20(18)19)8-12(11)14(16)17/h2-8H,1H2,(H,16,17)(H,18,19). The van der Waals surface area contributed by atoms with Gasteiger partial charge in [0, 0.05) is 11.8 Å². The Kier molecular flexibility index (Phi) is 4.07. The Hall–Kier alpha value is -2.31. The normalized spacial score (nSPS) is 11.8. The van der Waals surface area contributed by atoms with E-state index in [9.17, 15) is 14.1 Å². The molecular weight excluding hydrogens is 278 g/mol. The van der Waals surface area contributed by atoms with Crippen molar-refractivity contribution in [3.63, 3.8) is 0 Å². The summed E-state index contributed by atoms with van der Waals surface area (Å²) in [4.78, 5) is 15.4. The van der Waals surface area contributed by atoms with Crippen LogP contribution >= 0.6 is 0 Å². The van der Waals surface area contributed by atoms with Crippen LogP contribution in [-0.2, 0) is 11.1 Å². The first-order valence-corrected chi connectivity index (χ1v) is 6.70. The van der Waals surface area contributed by atoms with Crippen LogP contribution in [0.1, 0.15) is 21.6 Å². The zero-order valence-electron chi connectivity index (χ0n) is 10.3. The fourth-order valence-electron chi connectivity index (χ4n) is 1.75. The second-order valence-corrected chi connectivity index (χ2v) is 4.92. The lowest BCUT2D eigenvalue weighted by Gasteiger charge is -2.10. The minimum Gasteiger partial charge on any atom is -0.478 e. The molecule has 0 radical (unpaired) electrons. The number of aromatic carboxylic acids is 1. The molecule has 2 N–H and O–H groups in total. The molecule has 20 heavy (non-hydrogen) atoms. The van der Waals surface area contributed by atoms with Crippen LogP contribution in [-0.4, -0.2) is 24.8 Å². The topological polar surface area (TPSA) is 87.5 Å². The lowest BCUT2D eigenvalue weighted by atomic mass is 9.98. The largest absolute Gasteiger partial charge is 0.478 e. The summed E-state index contributed by atoms with van der Waals surface area (Å²) in [7, 11) is 0. The minimum absolute atomic E-state index is 0.0278. The smallest absolute Gasteiger partial charge is 0.336 e. The number of carbonyl (C=O) groups is 1. The van der Waals surface area contributed by atoms with Crippen molar-refractivity contribution in [3.05, 3.63) is 66.0 Å². The zero-order chi connectivity index (χ0) is 14.7. The van der Waals surface area contributed by atoms with E-state index >= 15 is 0 Å². The third kappa shape index (κ3) is 2.81. The van der Waals surface area contributed by atoms with Crippen molar-refractivity contribution in [2.45, 2.75) is 4.90 Å². The highest BCUT2D eigenvalue weighted by Crippen LogP contribution is 2.25. The second kappa shape index (κ2) is 5.77. The van der Waals surface area contributed by atoms with Crippen LogP contribution in [0.25, 0.3) is 5.57 Å². The molecule has 6 heteroatoms. The number of nitrogens with zero attached hydrogens (tertiary/aromatic N) is 1. The van der Waals surface area contributed by atoms with E-state index < -0.39 is 17.0 Å². The molecule has 1 heterocycles. The third-order valence-corrected chi connectivity index (χ3v) is 3.38. The fraction of sp³-hybridized carbons (Fsp3) is 0. The van der Waals surface area contributed by atoms with Gasteiger partial charge in [0.15, 0.2) is 11.1 Å². The summed E-state index contributed by atoms with van der Waals surface area (Å²) in [6.45, 7) is 3.85. The molecule has 1 aromatic heterocycles. The number of benzene rings is 1. The molecule has 2 rings (SSSR count). The minimum atomic E-state index is -2.23. The van der Waals surface area contributed by atoms with Crippen LogP contribution in [0.5, 0.6) is 0 Å². The molecule has 0 bridgehead atoms. The molecule has 1 atom stereocenters. The Morgan fingerprint density at radius 2 is 1.95 bits per heavy atom. The van der Waals surface area contributed by atoms with E-state index in [4.69, 9.17) is 4.55 Å². The van der Waals surface area contributed by atoms with Crippen LogP contribution in [0, 0.1) is 0 Å². The molecule has 2 aromatic rings. The van der Waals surface area contributed by atoms with Gasteiger partial charge in [0.25, 0.3) is 0 Å². The van der Waals surface area contributed by atoms with Crippen molar-refractivity contribution < 1.29 is 18.7 Å². The van der Waals surface area contributed by atoms with Crippen LogP contribution in [0.2, 0.25) is 0 Å². The highest BCUT2D eigenvalue weighted by Gasteiger charge is 2.16. The van der Waals surface area contributed by atoms with Gasteiger partial charge in [-0.1, -0.05) is 18.7 Å². The van der Waals surface area contributed by atoms with E-state index in [1.807, 2.05) is 0 Å². The molecule has 0 saturated heterocycles. The van der Waals surface area contributed by atoms with Crippen molar-refractivity contribution in [1.82, 2.24) is 4.98 Å². The predicted octanol–water partition coefficient (Wildman–Crippen LogP) is 2.42. The first-order valence-electron chi connectivity index (χ1n) is 5.59. The Morgan fingerprint density at radius 3 is 2.50 bits per heavy atom. The van der Waals surface area contributed by atoms with Gasteiger partial charge < -0.3 is 9.66 Å². The molecule has 0 saturated carbocycles. The summed E-state index contributed by atoms with van der Waals surface area (Å²) in [5.74, 6) is -1.19. The Morgan fingerprint density at radius 1 is 1.20 bits per heavy atom. The summed E-state index contributed by atoms with van der Waals surface area (Å²) >= 11 is -2.23. The lowest BCUT2D eigenvalue weighted by molar-refractivity contribution is 0.0696. The Balaban J connectivity index is 2.54. The number of hydrogen-bond acceptors (Lipinski definition) is 3. The fourth-order valence-corrected chi connectivity index (χ4v) is 2.15. The van der Waals surface area contributed by atoms with Crippen molar-refractivity contribution in [2.24, 2.45) is 0 Å². The first kappa shape index (κ1) is 14.1. The van der Waals surface area contributed by atoms with Gasteiger partial charge in [0.1, 0.15) is 0 Å². The van der Waals surface area contributed by atoms with Gasteiger partial charge in [-0.25, -0.2) is 9.00 Å². The van der Waals surface area contributed by atoms with Gasteiger partial charge in [-0.3, -0.25) is 4.98 Å². The molecule has 0 amide bonds. The Labute approximate surface area is 117 Å². The number of carboxylic acids is 1. The summed E-state index contributed by atoms with van der Waals surface area (Å²) in [5.41, 5.74) is 1.28. The molecule has 0 spiro atoms. The summed E-state index contributed by atoms with van der Waals surface area (Å²) < 4.78 is 20.0. The van der Waals surface area contributed by atoms with Crippen molar-refractivity contribution in [2.75, 3.05) is 0 Å². The molecule has 0 aliphatic carbocycles. The molecule has 5 nitrogen and oxygen atoms in total. The van der Waals surface area contributed by atoms with Gasteiger partial charge in [0.2, 0.25) is 0 Å². The lowest BCUT2D eigenvalue weighted by Crippen LogP contribution is -2.04. The zero-order valence-corrected chi connectivity index (χ0v) is 11.1. The number of hydrogen-bond donors (Lipinski definition) is 2. The molecular formula is C14H11NO4S. The van der Waals surface area contributed by atoms with E-state index in [1.54, 1.807) is 24.4 Å². The Bertz CT molecular complexity index is 698. The summed E-state index contributed by atoms with van der Waals surface area (Å²) in [5, 5.41) is 9.23. The van der Waals surface area contributed by atoms with E-state index in [1.165, 1.54) is 18.2 Å². The maximum absolute atomic E-state index is 11.3. The van der Waals surface area contributed by atoms with Crippen molar-refractivity contribution >= 4 is 22.6 Å². The number of rotatable bonds is 4. The molecule has 102 valence electrons. The van der Waals surface area contributed by atoms with E-state index in [0.29, 0.717) is 16.8 Å². The highest BCUT2D eigenvalue weighted by atomic mass is 32.2. The number of pyridine rings is 1. The van der Waals surface area contributed by atoms with Gasteiger partial charge in [-0.15, -0.1) is 0 Å². The van der Waals surface area contributed by atoms with Gasteiger partial charge in [0.05, 0.1) is 16.2 Å². The number of aromatic nitrogens is 1. The van der Waals surface area contributed by atoms with E-state index in [-0.39, 0.29) is 10.5 Å². The van der Waals surface area contributed by atoms with Crippen LogP contribution in [0.15, 0.2) is 54.1 Å². The second-order valence-electron chi connectivity index (χ2n) is 3.96. The van der Waals surface area contributed by atoms with Crippen LogP contribution < -0.4 is 0 Å². The monoisotopic (exact) mass is 289 g/mol.